The molecule has 0 saturated carbocycles. The third-order valence-corrected chi connectivity index (χ3v) is 5.34. The molecule has 1 aromatic heterocycles. The van der Waals surface area contributed by atoms with Gasteiger partial charge in [0, 0.05) is 36.4 Å². The van der Waals surface area contributed by atoms with Crippen LogP contribution in [0.25, 0.3) is 0 Å². The summed E-state index contributed by atoms with van der Waals surface area (Å²) in [5.41, 5.74) is 2.32. The summed E-state index contributed by atoms with van der Waals surface area (Å²) in [6.45, 7) is 3.35. The molecule has 26 heavy (non-hydrogen) atoms. The number of halogens is 1. The lowest BCUT2D eigenvalue weighted by molar-refractivity contribution is -0.137. The van der Waals surface area contributed by atoms with Gasteiger partial charge in [0.05, 0.1) is 0 Å². The van der Waals surface area contributed by atoms with E-state index >= 15 is 0 Å². The van der Waals surface area contributed by atoms with Crippen LogP contribution in [0.1, 0.15) is 24.0 Å². The fourth-order valence-corrected chi connectivity index (χ4v) is 3.53. The first-order chi connectivity index (χ1) is 12.6. The fraction of sp³-hybridized carbons (Fsp3) is 0.429. The Morgan fingerprint density at radius 2 is 1.77 bits per heavy atom. The van der Waals surface area contributed by atoms with Crippen molar-refractivity contribution in [3.05, 3.63) is 64.9 Å². The lowest BCUT2D eigenvalue weighted by Gasteiger charge is -2.32. The maximum absolute atomic E-state index is 13.2. The molecule has 2 aromatic rings. The smallest absolute Gasteiger partial charge is 0.226 e. The van der Waals surface area contributed by atoms with Gasteiger partial charge in [-0.2, -0.15) is 0 Å². The average Bonchev–Trinajstić information content (AvgIpc) is 2.67. The number of aromatic nitrogens is 1. The molecule has 0 N–H and O–H groups in total. The molecule has 0 spiro atoms. The number of hydrogen-bond acceptors (Lipinski definition) is 3. The number of carbonyl (C=O) groups excluding carboxylic acids is 1. The summed E-state index contributed by atoms with van der Waals surface area (Å²) in [4.78, 5) is 21.5. The van der Waals surface area contributed by atoms with Gasteiger partial charge in [-0.3, -0.25) is 9.78 Å². The molecule has 138 valence electrons. The van der Waals surface area contributed by atoms with Gasteiger partial charge in [-0.05, 0) is 74.8 Å². The van der Waals surface area contributed by atoms with Gasteiger partial charge in [-0.1, -0.05) is 23.7 Å². The predicted molar refractivity (Wildman–Crippen MR) is 105 cm³/mol. The molecule has 0 aliphatic carbocycles. The van der Waals surface area contributed by atoms with Crippen molar-refractivity contribution < 1.29 is 4.79 Å². The van der Waals surface area contributed by atoms with Gasteiger partial charge < -0.3 is 9.80 Å². The van der Waals surface area contributed by atoms with Crippen molar-refractivity contribution in [3.8, 4) is 0 Å². The third kappa shape index (κ3) is 5.29. The van der Waals surface area contributed by atoms with Gasteiger partial charge >= 0.3 is 0 Å². The van der Waals surface area contributed by atoms with E-state index in [1.165, 1.54) is 5.56 Å². The van der Waals surface area contributed by atoms with E-state index in [2.05, 4.69) is 16.9 Å². The number of nitrogens with zero attached hydrogens (tertiary/aromatic N) is 3. The van der Waals surface area contributed by atoms with Crippen LogP contribution in [0.3, 0.4) is 0 Å². The quantitative estimate of drug-likeness (QED) is 0.777. The van der Waals surface area contributed by atoms with Crippen LogP contribution in [0.4, 0.5) is 0 Å². The second kappa shape index (κ2) is 9.15. The lowest BCUT2D eigenvalue weighted by atomic mass is 9.95. The summed E-state index contributed by atoms with van der Waals surface area (Å²) in [6.07, 6.45) is 6.30. The van der Waals surface area contributed by atoms with Crippen LogP contribution < -0.4 is 0 Å². The van der Waals surface area contributed by atoms with E-state index in [0.29, 0.717) is 6.54 Å². The molecular formula is C21H26ClN3O. The van der Waals surface area contributed by atoms with Gasteiger partial charge in [0.15, 0.2) is 0 Å². The Labute approximate surface area is 160 Å². The molecule has 1 fully saturated rings. The molecule has 2 heterocycles. The Balaban J connectivity index is 1.68. The summed E-state index contributed by atoms with van der Waals surface area (Å²) < 4.78 is 0. The fourth-order valence-electron chi connectivity index (χ4n) is 3.40. The first kappa shape index (κ1) is 18.9. The maximum Gasteiger partial charge on any atom is 0.226 e. The van der Waals surface area contributed by atoms with Crippen LogP contribution in [0.5, 0.6) is 0 Å². The van der Waals surface area contributed by atoms with Gasteiger partial charge in [-0.15, -0.1) is 0 Å². The van der Waals surface area contributed by atoms with Crippen molar-refractivity contribution >= 4 is 17.5 Å². The molecular weight excluding hydrogens is 346 g/mol. The molecule has 1 aliphatic rings. The molecule has 0 radical (unpaired) electrons. The number of pyridine rings is 1. The van der Waals surface area contributed by atoms with Crippen LogP contribution in [0, 0.1) is 5.92 Å². The van der Waals surface area contributed by atoms with Gasteiger partial charge in [0.1, 0.15) is 0 Å². The van der Waals surface area contributed by atoms with Crippen molar-refractivity contribution in [2.45, 2.75) is 25.8 Å². The van der Waals surface area contributed by atoms with E-state index in [1.807, 2.05) is 41.3 Å². The normalized spacial score (nSPS) is 15.8. The number of hydrogen-bond donors (Lipinski definition) is 0. The highest BCUT2D eigenvalue weighted by Crippen LogP contribution is 2.20. The molecule has 0 bridgehead atoms. The molecule has 1 amide bonds. The minimum absolute atomic E-state index is 0.137. The summed E-state index contributed by atoms with van der Waals surface area (Å²) in [5, 5.41) is 0.741. The highest BCUT2D eigenvalue weighted by Gasteiger charge is 2.27. The number of rotatable bonds is 6. The van der Waals surface area contributed by atoms with Crippen LogP contribution in [0.2, 0.25) is 5.02 Å². The molecule has 1 saturated heterocycles. The second-order valence-corrected chi connectivity index (χ2v) is 7.51. The summed E-state index contributed by atoms with van der Waals surface area (Å²) in [6, 6.07) is 11.8. The molecule has 1 aliphatic heterocycles. The zero-order valence-electron chi connectivity index (χ0n) is 15.3. The zero-order chi connectivity index (χ0) is 18.4. The van der Waals surface area contributed by atoms with Crippen molar-refractivity contribution in [1.29, 1.82) is 0 Å². The monoisotopic (exact) mass is 371 g/mol. The van der Waals surface area contributed by atoms with Crippen molar-refractivity contribution in [2.75, 3.05) is 26.7 Å². The average molecular weight is 372 g/mol. The Morgan fingerprint density at radius 3 is 2.42 bits per heavy atom. The molecule has 3 rings (SSSR count). The van der Waals surface area contributed by atoms with E-state index in [4.69, 9.17) is 11.6 Å². The van der Waals surface area contributed by atoms with Crippen LogP contribution >= 0.6 is 11.6 Å². The van der Waals surface area contributed by atoms with E-state index in [1.54, 1.807) is 12.4 Å². The van der Waals surface area contributed by atoms with Gasteiger partial charge in [0.2, 0.25) is 5.91 Å². The minimum Gasteiger partial charge on any atom is -0.338 e. The molecule has 0 atom stereocenters. The van der Waals surface area contributed by atoms with Gasteiger partial charge in [0.25, 0.3) is 0 Å². The summed E-state index contributed by atoms with van der Waals surface area (Å²) in [5.74, 6) is 0.419. The molecule has 4 nitrogen and oxygen atoms in total. The van der Waals surface area contributed by atoms with E-state index in [9.17, 15) is 4.79 Å². The Bertz CT molecular complexity index is 697. The third-order valence-electron chi connectivity index (χ3n) is 5.09. The van der Waals surface area contributed by atoms with E-state index in [0.717, 1.165) is 49.5 Å². The van der Waals surface area contributed by atoms with Crippen molar-refractivity contribution in [2.24, 2.45) is 5.92 Å². The van der Waals surface area contributed by atoms with E-state index in [-0.39, 0.29) is 11.8 Å². The molecule has 1 aromatic carbocycles. The van der Waals surface area contributed by atoms with E-state index < -0.39 is 0 Å². The highest BCUT2D eigenvalue weighted by molar-refractivity contribution is 6.30. The lowest BCUT2D eigenvalue weighted by Crippen LogP contribution is -2.42. The number of benzene rings is 1. The Morgan fingerprint density at radius 1 is 1.12 bits per heavy atom. The summed E-state index contributed by atoms with van der Waals surface area (Å²) >= 11 is 5.97. The summed E-state index contributed by atoms with van der Waals surface area (Å²) in [7, 11) is 2.12. The van der Waals surface area contributed by atoms with Crippen LogP contribution in [0.15, 0.2) is 48.8 Å². The number of amides is 1. The zero-order valence-corrected chi connectivity index (χ0v) is 16.0. The van der Waals surface area contributed by atoms with Crippen LogP contribution in [-0.4, -0.2) is 47.4 Å². The first-order valence-corrected chi connectivity index (χ1v) is 9.60. The Kier molecular flexibility index (Phi) is 6.64. The topological polar surface area (TPSA) is 36.4 Å². The largest absolute Gasteiger partial charge is 0.338 e. The SMILES string of the molecule is CN1CCC(C(=O)N(CCc2ccc(Cl)cc2)Cc2ccncc2)CC1. The van der Waals surface area contributed by atoms with Gasteiger partial charge in [-0.25, -0.2) is 0 Å². The Hall–Kier alpha value is -1.91. The number of likely N-dealkylation sites (tertiary alicyclic amines) is 1. The first-order valence-electron chi connectivity index (χ1n) is 9.22. The van der Waals surface area contributed by atoms with Crippen LogP contribution in [-0.2, 0) is 17.8 Å². The molecule has 5 heteroatoms. The predicted octanol–water partition coefficient (Wildman–Crippen LogP) is 3.65. The second-order valence-electron chi connectivity index (χ2n) is 7.07. The number of piperidine rings is 1. The van der Waals surface area contributed by atoms with Crippen molar-refractivity contribution in [3.63, 3.8) is 0 Å². The maximum atomic E-state index is 13.2. The number of carbonyl (C=O) groups is 1. The highest BCUT2D eigenvalue weighted by atomic mass is 35.5. The molecule has 0 unspecified atom stereocenters. The minimum atomic E-state index is 0.137. The van der Waals surface area contributed by atoms with Crippen molar-refractivity contribution in [1.82, 2.24) is 14.8 Å². The standard InChI is InChI=1S/C21H26ClN3O/c1-24-13-9-19(10-14-24)21(26)25(16-18-6-11-23-12-7-18)15-8-17-2-4-20(22)5-3-17/h2-7,11-12,19H,8-10,13-16H2,1H3.